The molecule has 0 saturated carbocycles. The van der Waals surface area contributed by atoms with E-state index < -0.39 is 6.10 Å². The van der Waals surface area contributed by atoms with Crippen molar-refractivity contribution in [1.82, 2.24) is 0 Å². The molecule has 0 aromatic carbocycles. The zero-order chi connectivity index (χ0) is 55.7. The van der Waals surface area contributed by atoms with Crippen LogP contribution in [0.3, 0.4) is 0 Å². The van der Waals surface area contributed by atoms with Gasteiger partial charge in [-0.2, -0.15) is 0 Å². The van der Waals surface area contributed by atoms with Gasteiger partial charge >= 0.3 is 17.9 Å². The number of esters is 3. The Labute approximate surface area is 478 Å². The van der Waals surface area contributed by atoms with Gasteiger partial charge in [-0.3, -0.25) is 14.4 Å². The minimum absolute atomic E-state index is 0.0979. The quantitative estimate of drug-likeness (QED) is 0.0261. The van der Waals surface area contributed by atoms with Gasteiger partial charge in [-0.25, -0.2) is 0 Å². The van der Waals surface area contributed by atoms with Crippen LogP contribution in [0.1, 0.15) is 342 Å². The molecule has 0 heterocycles. The molecular formula is C71H126O6. The van der Waals surface area contributed by atoms with Gasteiger partial charge in [-0.1, -0.05) is 318 Å². The van der Waals surface area contributed by atoms with Gasteiger partial charge in [0.2, 0.25) is 0 Å². The van der Waals surface area contributed by atoms with Crippen LogP contribution in [0.2, 0.25) is 0 Å². The summed E-state index contributed by atoms with van der Waals surface area (Å²) in [6.07, 6.45) is 85.2. The lowest BCUT2D eigenvalue weighted by molar-refractivity contribution is -0.166. The van der Waals surface area contributed by atoms with Crippen molar-refractivity contribution in [1.29, 1.82) is 0 Å². The average Bonchev–Trinajstić information content (AvgIpc) is 3.43. The van der Waals surface area contributed by atoms with Crippen molar-refractivity contribution in [2.75, 3.05) is 13.2 Å². The molecular weight excluding hydrogens is 949 g/mol. The van der Waals surface area contributed by atoms with Crippen LogP contribution in [-0.4, -0.2) is 37.2 Å². The second-order valence-corrected chi connectivity index (χ2v) is 22.4. The molecule has 0 radical (unpaired) electrons. The van der Waals surface area contributed by atoms with E-state index in [0.29, 0.717) is 19.3 Å². The number of allylic oxidation sites excluding steroid dienone is 12. The molecule has 1 unspecified atom stereocenters. The lowest BCUT2D eigenvalue weighted by Gasteiger charge is -2.18. The summed E-state index contributed by atoms with van der Waals surface area (Å²) < 4.78 is 16.9. The number of carbonyl (C=O) groups excluding carboxylic acids is 3. The summed E-state index contributed by atoms with van der Waals surface area (Å²) in [7, 11) is 0. The minimum atomic E-state index is -0.808. The van der Waals surface area contributed by atoms with E-state index in [1.54, 1.807) is 0 Å². The average molecular weight is 1080 g/mol. The number of unbranched alkanes of at least 4 members (excludes halogenated alkanes) is 38. The van der Waals surface area contributed by atoms with E-state index in [-0.39, 0.29) is 37.5 Å². The van der Waals surface area contributed by atoms with Gasteiger partial charge in [0.25, 0.3) is 0 Å². The van der Waals surface area contributed by atoms with Crippen LogP contribution < -0.4 is 0 Å². The van der Waals surface area contributed by atoms with Gasteiger partial charge in [0.1, 0.15) is 13.2 Å². The molecule has 0 aliphatic heterocycles. The smallest absolute Gasteiger partial charge is 0.306 e. The highest BCUT2D eigenvalue weighted by atomic mass is 16.6. The van der Waals surface area contributed by atoms with Crippen LogP contribution in [0.5, 0.6) is 0 Å². The molecule has 0 saturated heterocycles. The summed E-state index contributed by atoms with van der Waals surface area (Å²) in [4.78, 5) is 38.3. The lowest BCUT2D eigenvalue weighted by atomic mass is 10.0. The van der Waals surface area contributed by atoms with E-state index in [4.69, 9.17) is 14.2 Å². The van der Waals surface area contributed by atoms with Crippen molar-refractivity contribution < 1.29 is 28.6 Å². The number of ether oxygens (including phenoxy) is 3. The molecule has 1 atom stereocenters. The highest BCUT2D eigenvalue weighted by Gasteiger charge is 2.19. The Hall–Kier alpha value is -3.15. The molecule has 0 N–H and O–H groups in total. The van der Waals surface area contributed by atoms with Gasteiger partial charge in [0.05, 0.1) is 0 Å². The van der Waals surface area contributed by atoms with E-state index in [1.807, 2.05) is 6.08 Å². The molecule has 0 rings (SSSR count). The third-order valence-electron chi connectivity index (χ3n) is 14.7. The van der Waals surface area contributed by atoms with E-state index in [2.05, 4.69) is 87.6 Å². The first kappa shape index (κ1) is 73.8. The maximum atomic E-state index is 12.9. The minimum Gasteiger partial charge on any atom is -0.462 e. The van der Waals surface area contributed by atoms with Gasteiger partial charge in [-0.15, -0.1) is 0 Å². The van der Waals surface area contributed by atoms with Crippen LogP contribution in [0.4, 0.5) is 0 Å². The van der Waals surface area contributed by atoms with Crippen LogP contribution in [0.25, 0.3) is 0 Å². The molecule has 6 heteroatoms. The topological polar surface area (TPSA) is 78.9 Å². The Balaban J connectivity index is 4.25. The summed E-state index contributed by atoms with van der Waals surface area (Å²) in [6, 6.07) is 0. The monoisotopic (exact) mass is 1070 g/mol. The van der Waals surface area contributed by atoms with Gasteiger partial charge < -0.3 is 14.2 Å². The molecule has 0 aromatic heterocycles. The first-order valence-electron chi connectivity index (χ1n) is 33.4. The van der Waals surface area contributed by atoms with Crippen molar-refractivity contribution in [3.05, 3.63) is 72.9 Å². The fourth-order valence-electron chi connectivity index (χ4n) is 9.73. The predicted octanol–water partition coefficient (Wildman–Crippen LogP) is 22.9. The van der Waals surface area contributed by atoms with E-state index in [9.17, 15) is 14.4 Å². The number of hydrogen-bond donors (Lipinski definition) is 0. The predicted molar refractivity (Wildman–Crippen MR) is 335 cm³/mol. The Kier molecular flexibility index (Phi) is 62.7. The zero-order valence-corrected chi connectivity index (χ0v) is 51.2. The SMILES string of the molecule is CC/C=C\C/C=C\C/C=C\C/C=C\CCC(=O)OCC(COC(=O)CCCCCCCCCCCCCCCCCCCCCCCCCCCCCC)OC(=O)CCCCCCCCC/C=C\C/C=C\CCCCCC. The second kappa shape index (κ2) is 65.4. The standard InChI is InChI=1S/C71H126O6/c1-4-7-10-13-16-19-22-25-27-29-31-32-33-34-35-36-37-38-39-40-42-43-46-49-52-55-58-61-64-70(73)76-67-68(66-75-69(72)63-60-57-54-51-48-45-24-21-18-15-12-9-6-3)77-71(74)65-62-59-56-53-50-47-44-41-30-28-26-23-20-17-14-11-8-5-2/h9,12,18,20-21,23,28,30,45,48,54,57,68H,4-8,10-11,13-17,19,22,24-27,29,31-44,46-47,49-53,55-56,58-67H2,1-3H3/b12-9-,21-18-,23-20-,30-28-,48-45-,57-54-. The first-order chi connectivity index (χ1) is 38.0. The summed E-state index contributed by atoms with van der Waals surface area (Å²) in [5.41, 5.74) is 0. The maximum Gasteiger partial charge on any atom is 0.306 e. The molecule has 0 aliphatic carbocycles. The summed E-state index contributed by atoms with van der Waals surface area (Å²) in [6.45, 7) is 6.48. The van der Waals surface area contributed by atoms with Crippen LogP contribution in [0.15, 0.2) is 72.9 Å². The van der Waals surface area contributed by atoms with Gasteiger partial charge in [-0.05, 0) is 77.0 Å². The zero-order valence-electron chi connectivity index (χ0n) is 51.2. The number of hydrogen-bond acceptors (Lipinski definition) is 6. The van der Waals surface area contributed by atoms with Crippen molar-refractivity contribution in [2.45, 2.75) is 348 Å². The largest absolute Gasteiger partial charge is 0.462 e. The normalized spacial score (nSPS) is 12.5. The Morgan fingerprint density at radius 3 is 0.883 bits per heavy atom. The molecule has 0 fully saturated rings. The summed E-state index contributed by atoms with van der Waals surface area (Å²) in [5, 5.41) is 0. The van der Waals surface area contributed by atoms with E-state index >= 15 is 0 Å². The van der Waals surface area contributed by atoms with Gasteiger partial charge in [0, 0.05) is 19.3 Å². The van der Waals surface area contributed by atoms with E-state index in [0.717, 1.165) is 77.0 Å². The number of carbonyl (C=O) groups is 3. The van der Waals surface area contributed by atoms with Crippen molar-refractivity contribution in [3.8, 4) is 0 Å². The van der Waals surface area contributed by atoms with Crippen molar-refractivity contribution in [3.63, 3.8) is 0 Å². The highest BCUT2D eigenvalue weighted by molar-refractivity contribution is 5.71. The fraction of sp³-hybridized carbons (Fsp3) is 0.789. The van der Waals surface area contributed by atoms with Gasteiger partial charge in [0.15, 0.2) is 6.10 Å². The molecule has 0 aliphatic rings. The molecule has 77 heavy (non-hydrogen) atoms. The van der Waals surface area contributed by atoms with Crippen LogP contribution in [0, 0.1) is 0 Å². The van der Waals surface area contributed by atoms with Crippen LogP contribution in [-0.2, 0) is 28.6 Å². The molecule has 0 bridgehead atoms. The second-order valence-electron chi connectivity index (χ2n) is 22.4. The van der Waals surface area contributed by atoms with Crippen molar-refractivity contribution in [2.24, 2.45) is 0 Å². The number of rotatable bonds is 61. The lowest BCUT2D eigenvalue weighted by Crippen LogP contribution is -2.30. The molecule has 0 amide bonds. The summed E-state index contributed by atoms with van der Waals surface area (Å²) >= 11 is 0. The Morgan fingerprint density at radius 2 is 0.532 bits per heavy atom. The molecule has 0 aromatic rings. The van der Waals surface area contributed by atoms with Crippen molar-refractivity contribution >= 4 is 17.9 Å². The first-order valence-corrected chi connectivity index (χ1v) is 33.4. The third-order valence-corrected chi connectivity index (χ3v) is 14.7. The third kappa shape index (κ3) is 63.6. The highest BCUT2D eigenvalue weighted by Crippen LogP contribution is 2.18. The maximum absolute atomic E-state index is 12.9. The fourth-order valence-corrected chi connectivity index (χ4v) is 9.73. The Morgan fingerprint density at radius 1 is 0.273 bits per heavy atom. The molecule has 0 spiro atoms. The molecule has 446 valence electrons. The summed E-state index contributed by atoms with van der Waals surface area (Å²) in [5.74, 6) is -0.976. The van der Waals surface area contributed by atoms with E-state index in [1.165, 1.54) is 218 Å². The molecule has 6 nitrogen and oxygen atoms in total. The Bertz CT molecular complexity index is 1420. The van der Waals surface area contributed by atoms with Crippen LogP contribution >= 0.6 is 0 Å².